The first-order valence-corrected chi connectivity index (χ1v) is 5.69. The second kappa shape index (κ2) is 5.37. The SMILES string of the molecule is Fc1cccc(CNN2CCCCC2)c1F. The van der Waals surface area contributed by atoms with Gasteiger partial charge in [-0.05, 0) is 18.9 Å². The van der Waals surface area contributed by atoms with Gasteiger partial charge in [0.15, 0.2) is 11.6 Å². The molecular weight excluding hydrogens is 210 g/mol. The van der Waals surface area contributed by atoms with Crippen molar-refractivity contribution in [2.75, 3.05) is 13.1 Å². The summed E-state index contributed by atoms with van der Waals surface area (Å²) in [6.07, 6.45) is 3.59. The van der Waals surface area contributed by atoms with Crippen LogP contribution in [0.5, 0.6) is 0 Å². The number of hydrogen-bond acceptors (Lipinski definition) is 2. The Bertz CT molecular complexity index is 349. The van der Waals surface area contributed by atoms with Gasteiger partial charge in [0.1, 0.15) is 0 Å². The Morgan fingerprint density at radius 3 is 2.62 bits per heavy atom. The Hall–Kier alpha value is -1.00. The Kier molecular flexibility index (Phi) is 3.85. The molecule has 0 saturated carbocycles. The molecule has 1 aromatic carbocycles. The zero-order valence-corrected chi connectivity index (χ0v) is 9.18. The Labute approximate surface area is 94.2 Å². The standard InChI is InChI=1S/C12H16F2N2/c13-11-6-4-5-10(12(11)14)9-15-16-7-2-1-3-8-16/h4-6,15H,1-3,7-9H2. The van der Waals surface area contributed by atoms with Crippen molar-refractivity contribution in [1.82, 2.24) is 10.4 Å². The molecule has 0 atom stereocenters. The van der Waals surface area contributed by atoms with Crippen molar-refractivity contribution in [2.45, 2.75) is 25.8 Å². The van der Waals surface area contributed by atoms with Gasteiger partial charge >= 0.3 is 0 Å². The summed E-state index contributed by atoms with van der Waals surface area (Å²) in [7, 11) is 0. The third kappa shape index (κ3) is 2.77. The Balaban J connectivity index is 1.91. The van der Waals surface area contributed by atoms with Crippen LogP contribution in [0.15, 0.2) is 18.2 Å². The molecule has 1 saturated heterocycles. The number of rotatable bonds is 3. The van der Waals surface area contributed by atoms with E-state index in [4.69, 9.17) is 0 Å². The molecule has 1 N–H and O–H groups in total. The maximum atomic E-state index is 13.3. The molecule has 1 aromatic rings. The predicted octanol–water partition coefficient (Wildman–Crippen LogP) is 2.46. The molecule has 4 heteroatoms. The zero-order chi connectivity index (χ0) is 11.4. The van der Waals surface area contributed by atoms with E-state index in [1.165, 1.54) is 25.3 Å². The van der Waals surface area contributed by atoms with Gasteiger partial charge < -0.3 is 0 Å². The maximum absolute atomic E-state index is 13.3. The number of benzene rings is 1. The third-order valence-corrected chi connectivity index (χ3v) is 2.88. The molecule has 16 heavy (non-hydrogen) atoms. The number of piperidine rings is 1. The largest absolute Gasteiger partial charge is 0.251 e. The van der Waals surface area contributed by atoms with Crippen LogP contribution in [0.3, 0.4) is 0 Å². The quantitative estimate of drug-likeness (QED) is 0.851. The van der Waals surface area contributed by atoms with Crippen LogP contribution in [0.25, 0.3) is 0 Å². The summed E-state index contributed by atoms with van der Waals surface area (Å²) >= 11 is 0. The molecule has 1 heterocycles. The highest BCUT2D eigenvalue weighted by Crippen LogP contribution is 2.12. The first-order chi connectivity index (χ1) is 7.77. The summed E-state index contributed by atoms with van der Waals surface area (Å²) < 4.78 is 26.3. The third-order valence-electron chi connectivity index (χ3n) is 2.88. The fourth-order valence-electron chi connectivity index (χ4n) is 1.93. The van der Waals surface area contributed by atoms with Gasteiger partial charge in [-0.1, -0.05) is 18.6 Å². The van der Waals surface area contributed by atoms with Gasteiger partial charge in [-0.15, -0.1) is 0 Å². The molecule has 0 aromatic heterocycles. The van der Waals surface area contributed by atoms with E-state index >= 15 is 0 Å². The molecule has 0 radical (unpaired) electrons. The Morgan fingerprint density at radius 2 is 1.88 bits per heavy atom. The monoisotopic (exact) mass is 226 g/mol. The van der Waals surface area contributed by atoms with Crippen molar-refractivity contribution in [3.8, 4) is 0 Å². The van der Waals surface area contributed by atoms with E-state index in [0.717, 1.165) is 19.2 Å². The van der Waals surface area contributed by atoms with Crippen LogP contribution >= 0.6 is 0 Å². The van der Waals surface area contributed by atoms with Gasteiger partial charge in [0, 0.05) is 25.2 Å². The van der Waals surface area contributed by atoms with Gasteiger partial charge in [0.25, 0.3) is 0 Å². The molecule has 0 spiro atoms. The molecule has 0 aliphatic carbocycles. The van der Waals surface area contributed by atoms with Crippen LogP contribution in [-0.2, 0) is 6.54 Å². The van der Waals surface area contributed by atoms with E-state index in [1.54, 1.807) is 6.07 Å². The zero-order valence-electron chi connectivity index (χ0n) is 9.18. The molecule has 88 valence electrons. The molecule has 1 fully saturated rings. The smallest absolute Gasteiger partial charge is 0.163 e. The molecule has 2 nitrogen and oxygen atoms in total. The normalized spacial score (nSPS) is 17.6. The van der Waals surface area contributed by atoms with E-state index in [-0.39, 0.29) is 0 Å². The fraction of sp³-hybridized carbons (Fsp3) is 0.500. The van der Waals surface area contributed by atoms with E-state index < -0.39 is 11.6 Å². The summed E-state index contributed by atoms with van der Waals surface area (Å²) in [6, 6.07) is 4.28. The summed E-state index contributed by atoms with van der Waals surface area (Å²) in [5.74, 6) is -1.52. The number of nitrogens with one attached hydrogen (secondary N) is 1. The molecule has 1 aliphatic heterocycles. The van der Waals surface area contributed by atoms with E-state index in [2.05, 4.69) is 10.4 Å². The molecule has 1 aliphatic rings. The van der Waals surface area contributed by atoms with Crippen LogP contribution in [0.2, 0.25) is 0 Å². The second-order valence-electron chi connectivity index (χ2n) is 4.10. The second-order valence-corrected chi connectivity index (χ2v) is 4.10. The van der Waals surface area contributed by atoms with Crippen molar-refractivity contribution in [3.63, 3.8) is 0 Å². The van der Waals surface area contributed by atoms with E-state index in [0.29, 0.717) is 12.1 Å². The predicted molar refractivity (Wildman–Crippen MR) is 58.6 cm³/mol. The summed E-state index contributed by atoms with van der Waals surface area (Å²) in [5, 5.41) is 2.08. The molecule has 0 unspecified atom stereocenters. The molecule has 0 amide bonds. The van der Waals surface area contributed by atoms with Gasteiger partial charge in [-0.2, -0.15) is 0 Å². The molecular formula is C12H16F2N2. The van der Waals surface area contributed by atoms with Crippen LogP contribution < -0.4 is 5.43 Å². The van der Waals surface area contributed by atoms with Crippen molar-refractivity contribution in [1.29, 1.82) is 0 Å². The van der Waals surface area contributed by atoms with Crippen LogP contribution in [0, 0.1) is 11.6 Å². The summed E-state index contributed by atoms with van der Waals surface area (Å²) in [5.41, 5.74) is 3.51. The highest BCUT2D eigenvalue weighted by molar-refractivity contribution is 5.18. The van der Waals surface area contributed by atoms with E-state index in [9.17, 15) is 8.78 Å². The highest BCUT2D eigenvalue weighted by Gasteiger charge is 2.11. The van der Waals surface area contributed by atoms with Crippen LogP contribution in [0.1, 0.15) is 24.8 Å². The van der Waals surface area contributed by atoms with Gasteiger partial charge in [-0.3, -0.25) is 5.43 Å². The van der Waals surface area contributed by atoms with Crippen molar-refractivity contribution < 1.29 is 8.78 Å². The number of halogens is 2. The van der Waals surface area contributed by atoms with Gasteiger partial charge in [0.2, 0.25) is 0 Å². The highest BCUT2D eigenvalue weighted by atomic mass is 19.2. The Morgan fingerprint density at radius 1 is 1.12 bits per heavy atom. The summed E-state index contributed by atoms with van der Waals surface area (Å²) in [6.45, 7) is 2.32. The van der Waals surface area contributed by atoms with Crippen molar-refractivity contribution >= 4 is 0 Å². The first kappa shape index (κ1) is 11.5. The lowest BCUT2D eigenvalue weighted by Crippen LogP contribution is -2.41. The fourth-order valence-corrected chi connectivity index (χ4v) is 1.93. The van der Waals surface area contributed by atoms with Gasteiger partial charge in [0.05, 0.1) is 0 Å². The number of nitrogens with zero attached hydrogens (tertiary/aromatic N) is 1. The summed E-state index contributed by atoms with van der Waals surface area (Å²) in [4.78, 5) is 0. The van der Waals surface area contributed by atoms with Gasteiger partial charge in [-0.25, -0.2) is 13.8 Å². The maximum Gasteiger partial charge on any atom is 0.163 e. The minimum atomic E-state index is -0.780. The number of hydrogen-bond donors (Lipinski definition) is 1. The van der Waals surface area contributed by atoms with E-state index in [1.807, 2.05) is 0 Å². The number of hydrazine groups is 1. The lowest BCUT2D eigenvalue weighted by molar-refractivity contribution is 0.150. The average Bonchev–Trinajstić information content (AvgIpc) is 2.32. The minimum Gasteiger partial charge on any atom is -0.251 e. The van der Waals surface area contributed by atoms with Crippen molar-refractivity contribution in [2.24, 2.45) is 0 Å². The van der Waals surface area contributed by atoms with Crippen molar-refractivity contribution in [3.05, 3.63) is 35.4 Å². The first-order valence-electron chi connectivity index (χ1n) is 5.69. The average molecular weight is 226 g/mol. The molecule has 2 rings (SSSR count). The van der Waals surface area contributed by atoms with Crippen LogP contribution in [0.4, 0.5) is 8.78 Å². The van der Waals surface area contributed by atoms with Crippen LogP contribution in [-0.4, -0.2) is 18.1 Å². The lowest BCUT2D eigenvalue weighted by atomic mass is 10.1. The minimum absolute atomic E-state index is 0.351. The molecule has 0 bridgehead atoms. The lowest BCUT2D eigenvalue weighted by Gasteiger charge is -2.27. The topological polar surface area (TPSA) is 15.3 Å².